The van der Waals surface area contributed by atoms with E-state index in [9.17, 15) is 0 Å². The van der Waals surface area contributed by atoms with Crippen LogP contribution in [0.3, 0.4) is 0 Å². The van der Waals surface area contributed by atoms with E-state index in [1.54, 1.807) is 0 Å². The maximum Gasteiger partial charge on any atom is 0.120 e. The molecule has 0 saturated heterocycles. The van der Waals surface area contributed by atoms with Gasteiger partial charge in [-0.05, 0) is 11.5 Å². The number of rotatable bonds is 0. The molecule has 0 bridgehead atoms. The molecule has 0 atom stereocenters. The number of hydrogen-bond donors (Lipinski definition) is 0. The SMILES string of the molecule is Cc1[c-]cc2c(c1)oc1ccccc12.[Ir]. The van der Waals surface area contributed by atoms with Gasteiger partial charge in [0, 0.05) is 25.7 Å². The van der Waals surface area contributed by atoms with Crippen molar-refractivity contribution >= 4 is 21.9 Å². The molecule has 0 spiro atoms. The number of furan rings is 1. The zero-order valence-corrected chi connectivity index (χ0v) is 10.6. The quantitative estimate of drug-likeness (QED) is 0.548. The van der Waals surface area contributed by atoms with E-state index in [1.807, 2.05) is 37.3 Å². The average molecular weight is 373 g/mol. The largest absolute Gasteiger partial charge is 0.483 e. The van der Waals surface area contributed by atoms with Crippen LogP contribution in [0, 0.1) is 13.0 Å². The van der Waals surface area contributed by atoms with Crippen LogP contribution >= 0.6 is 0 Å². The molecule has 1 heterocycles. The molecule has 77 valence electrons. The minimum Gasteiger partial charge on any atom is -0.483 e. The van der Waals surface area contributed by atoms with Gasteiger partial charge in [0.1, 0.15) is 5.58 Å². The first kappa shape index (κ1) is 10.4. The Morgan fingerprint density at radius 2 is 1.87 bits per heavy atom. The zero-order chi connectivity index (χ0) is 9.54. The van der Waals surface area contributed by atoms with Gasteiger partial charge >= 0.3 is 0 Å². The first-order valence-corrected chi connectivity index (χ1v) is 4.64. The van der Waals surface area contributed by atoms with Gasteiger partial charge in [-0.15, -0.1) is 6.07 Å². The Balaban J connectivity index is 0.000000853. The van der Waals surface area contributed by atoms with Crippen LogP contribution in [-0.2, 0) is 20.1 Å². The van der Waals surface area contributed by atoms with E-state index in [0.29, 0.717) is 0 Å². The van der Waals surface area contributed by atoms with Crippen molar-refractivity contribution in [2.24, 2.45) is 0 Å². The fraction of sp³-hybridized carbons (Fsp3) is 0.0769. The van der Waals surface area contributed by atoms with Crippen molar-refractivity contribution in [2.45, 2.75) is 6.92 Å². The van der Waals surface area contributed by atoms with Crippen molar-refractivity contribution in [1.29, 1.82) is 0 Å². The third kappa shape index (κ3) is 1.60. The normalized spacial score (nSPS) is 10.5. The van der Waals surface area contributed by atoms with Crippen molar-refractivity contribution in [2.75, 3.05) is 0 Å². The second-order valence-electron chi connectivity index (χ2n) is 3.49. The van der Waals surface area contributed by atoms with E-state index in [0.717, 1.165) is 22.1 Å². The minimum absolute atomic E-state index is 0. The van der Waals surface area contributed by atoms with Crippen LogP contribution in [0.25, 0.3) is 21.9 Å². The molecular weight excluding hydrogens is 364 g/mol. The van der Waals surface area contributed by atoms with Crippen LogP contribution < -0.4 is 0 Å². The molecule has 0 saturated carbocycles. The summed E-state index contributed by atoms with van der Waals surface area (Å²) in [6.07, 6.45) is 0. The van der Waals surface area contributed by atoms with Gasteiger partial charge in [0.05, 0.1) is 0 Å². The molecule has 1 radical (unpaired) electrons. The first-order valence-electron chi connectivity index (χ1n) is 4.64. The fourth-order valence-electron chi connectivity index (χ4n) is 1.76. The number of hydrogen-bond acceptors (Lipinski definition) is 1. The monoisotopic (exact) mass is 374 g/mol. The van der Waals surface area contributed by atoms with Gasteiger partial charge in [-0.3, -0.25) is 0 Å². The Bertz CT molecular complexity index is 610. The Labute approximate surface area is 101 Å². The Hall–Kier alpha value is -1.11. The summed E-state index contributed by atoms with van der Waals surface area (Å²) in [7, 11) is 0. The molecule has 0 fully saturated rings. The number of fused-ring (bicyclic) bond motifs is 3. The van der Waals surface area contributed by atoms with Gasteiger partial charge < -0.3 is 4.42 Å². The molecule has 0 aliphatic carbocycles. The Morgan fingerprint density at radius 1 is 1.07 bits per heavy atom. The van der Waals surface area contributed by atoms with E-state index in [-0.39, 0.29) is 20.1 Å². The van der Waals surface area contributed by atoms with Gasteiger partial charge in [-0.25, -0.2) is 0 Å². The summed E-state index contributed by atoms with van der Waals surface area (Å²) >= 11 is 0. The summed E-state index contributed by atoms with van der Waals surface area (Å²) in [6, 6.07) is 15.3. The molecule has 0 amide bonds. The maximum atomic E-state index is 5.71. The van der Waals surface area contributed by atoms with Gasteiger partial charge in [0.25, 0.3) is 0 Å². The van der Waals surface area contributed by atoms with E-state index < -0.39 is 0 Å². The van der Waals surface area contributed by atoms with Gasteiger partial charge in [-0.2, -0.15) is 17.7 Å². The summed E-state index contributed by atoms with van der Waals surface area (Å²) in [5.41, 5.74) is 3.00. The van der Waals surface area contributed by atoms with Crippen LogP contribution in [-0.4, -0.2) is 0 Å². The molecule has 2 aromatic carbocycles. The molecule has 15 heavy (non-hydrogen) atoms. The zero-order valence-electron chi connectivity index (χ0n) is 8.21. The first-order chi connectivity index (χ1) is 6.84. The molecule has 2 heteroatoms. The van der Waals surface area contributed by atoms with E-state index in [4.69, 9.17) is 4.42 Å². The standard InChI is InChI=1S/C13H9O.Ir/c1-9-6-7-11-10-4-2-3-5-12(10)14-13(11)8-9;/h2-5,7-8H,1H3;/q-1;. The maximum absolute atomic E-state index is 5.71. The minimum atomic E-state index is 0. The molecular formula is C13H9IrO-. The number of para-hydroxylation sites is 1. The summed E-state index contributed by atoms with van der Waals surface area (Å²) in [6.45, 7) is 2.02. The van der Waals surface area contributed by atoms with Gasteiger partial charge in [0.2, 0.25) is 0 Å². The van der Waals surface area contributed by atoms with E-state index in [2.05, 4.69) is 12.1 Å². The summed E-state index contributed by atoms with van der Waals surface area (Å²) < 4.78 is 5.71. The molecule has 0 unspecified atom stereocenters. The van der Waals surface area contributed by atoms with Crippen molar-refractivity contribution in [3.8, 4) is 0 Å². The molecule has 0 aliphatic heterocycles. The third-order valence-electron chi connectivity index (χ3n) is 2.45. The van der Waals surface area contributed by atoms with E-state index in [1.165, 1.54) is 5.39 Å². The van der Waals surface area contributed by atoms with Crippen molar-refractivity contribution in [3.05, 3.63) is 48.0 Å². The van der Waals surface area contributed by atoms with Crippen molar-refractivity contribution in [3.63, 3.8) is 0 Å². The second-order valence-corrected chi connectivity index (χ2v) is 3.49. The van der Waals surface area contributed by atoms with Crippen molar-refractivity contribution in [1.82, 2.24) is 0 Å². The smallest absolute Gasteiger partial charge is 0.120 e. The molecule has 3 rings (SSSR count). The molecule has 1 nitrogen and oxygen atoms in total. The summed E-state index contributed by atoms with van der Waals surface area (Å²) in [4.78, 5) is 0. The molecule has 3 aromatic rings. The Morgan fingerprint density at radius 3 is 2.73 bits per heavy atom. The second kappa shape index (κ2) is 3.80. The fourth-order valence-corrected chi connectivity index (χ4v) is 1.76. The number of aryl methyl sites for hydroxylation is 1. The summed E-state index contributed by atoms with van der Waals surface area (Å²) in [5, 5.41) is 2.31. The predicted octanol–water partition coefficient (Wildman–Crippen LogP) is 3.69. The predicted molar refractivity (Wildman–Crippen MR) is 57.3 cm³/mol. The average Bonchev–Trinajstić information content (AvgIpc) is 2.54. The van der Waals surface area contributed by atoms with Crippen LogP contribution in [0.1, 0.15) is 5.56 Å². The molecule has 1 aromatic heterocycles. The van der Waals surface area contributed by atoms with Crippen LogP contribution in [0.15, 0.2) is 40.8 Å². The molecule has 0 N–H and O–H groups in total. The Kier molecular flexibility index (Phi) is 2.64. The molecule has 0 aliphatic rings. The van der Waals surface area contributed by atoms with Crippen LogP contribution in [0.5, 0.6) is 0 Å². The van der Waals surface area contributed by atoms with Crippen LogP contribution in [0.4, 0.5) is 0 Å². The summed E-state index contributed by atoms with van der Waals surface area (Å²) in [5.74, 6) is 0. The van der Waals surface area contributed by atoms with E-state index >= 15 is 0 Å². The van der Waals surface area contributed by atoms with Crippen LogP contribution in [0.2, 0.25) is 0 Å². The van der Waals surface area contributed by atoms with Gasteiger partial charge in [0.15, 0.2) is 0 Å². The topological polar surface area (TPSA) is 13.1 Å². The van der Waals surface area contributed by atoms with Crippen molar-refractivity contribution < 1.29 is 24.5 Å². The number of benzene rings is 2. The van der Waals surface area contributed by atoms with Gasteiger partial charge in [-0.1, -0.05) is 30.5 Å². The third-order valence-corrected chi connectivity index (χ3v) is 2.45.